The Bertz CT molecular complexity index is 621. The lowest BCUT2D eigenvalue weighted by Gasteiger charge is -2.07. The molecule has 0 aliphatic rings. The van der Waals surface area contributed by atoms with Crippen molar-refractivity contribution < 1.29 is 13.9 Å². The predicted octanol–water partition coefficient (Wildman–Crippen LogP) is 3.53. The van der Waals surface area contributed by atoms with Crippen LogP contribution >= 0.6 is 0 Å². The molecular weight excluding hydrogens is 259 g/mol. The number of amides is 1. The molecule has 2 aromatic rings. The molecule has 0 unspecified atom stereocenters. The van der Waals surface area contributed by atoms with E-state index in [4.69, 9.17) is 4.74 Å². The van der Waals surface area contributed by atoms with Gasteiger partial charge >= 0.3 is 0 Å². The number of rotatable bonds is 4. The van der Waals surface area contributed by atoms with E-state index in [9.17, 15) is 9.18 Å². The van der Waals surface area contributed by atoms with Gasteiger partial charge in [-0.1, -0.05) is 6.58 Å². The molecule has 0 saturated heterocycles. The zero-order valence-electron chi connectivity index (χ0n) is 10.9. The van der Waals surface area contributed by atoms with Crippen LogP contribution in [0.2, 0.25) is 0 Å². The minimum atomic E-state index is -0.330. The Labute approximate surface area is 115 Å². The van der Waals surface area contributed by atoms with Crippen molar-refractivity contribution in [2.75, 3.05) is 5.32 Å². The Morgan fingerprint density at radius 2 is 1.95 bits per heavy atom. The molecule has 0 bridgehead atoms. The number of anilines is 1. The third-order valence-corrected chi connectivity index (χ3v) is 2.42. The van der Waals surface area contributed by atoms with Gasteiger partial charge in [0.25, 0.3) is 5.91 Å². The largest absolute Gasteiger partial charge is 0.439 e. The van der Waals surface area contributed by atoms with Gasteiger partial charge in [-0.05, 0) is 37.3 Å². The van der Waals surface area contributed by atoms with Crippen LogP contribution in [-0.2, 0) is 4.79 Å². The normalized spacial score (nSPS) is 9.90. The van der Waals surface area contributed by atoms with Gasteiger partial charge in [-0.15, -0.1) is 0 Å². The van der Waals surface area contributed by atoms with Crippen LogP contribution in [0.25, 0.3) is 0 Å². The molecule has 0 spiro atoms. The fraction of sp³-hybridized carbons (Fsp3) is 0.0667. The fourth-order valence-corrected chi connectivity index (χ4v) is 1.38. The minimum Gasteiger partial charge on any atom is -0.439 e. The predicted molar refractivity (Wildman–Crippen MR) is 74.2 cm³/mol. The van der Waals surface area contributed by atoms with Crippen LogP contribution in [0, 0.1) is 5.82 Å². The van der Waals surface area contributed by atoms with Gasteiger partial charge in [0, 0.05) is 11.6 Å². The highest BCUT2D eigenvalue weighted by atomic mass is 19.1. The number of nitrogens with one attached hydrogen (secondary N) is 1. The summed E-state index contributed by atoms with van der Waals surface area (Å²) in [5, 5.41) is 2.63. The van der Waals surface area contributed by atoms with Gasteiger partial charge in [0.1, 0.15) is 11.6 Å². The lowest BCUT2D eigenvalue weighted by Crippen LogP contribution is -2.11. The van der Waals surface area contributed by atoms with Crippen molar-refractivity contribution in [3.05, 3.63) is 60.6 Å². The molecule has 20 heavy (non-hydrogen) atoms. The van der Waals surface area contributed by atoms with Crippen LogP contribution in [0.5, 0.6) is 11.6 Å². The number of carbonyl (C=O) groups excluding carboxylic acids is 1. The number of nitrogens with zero attached hydrogens (tertiary/aromatic N) is 1. The molecule has 0 saturated carbocycles. The van der Waals surface area contributed by atoms with Gasteiger partial charge in [-0.2, -0.15) is 0 Å². The summed E-state index contributed by atoms with van der Waals surface area (Å²) in [6.45, 7) is 5.16. The highest BCUT2D eigenvalue weighted by molar-refractivity contribution is 6.02. The average molecular weight is 272 g/mol. The van der Waals surface area contributed by atoms with Gasteiger partial charge < -0.3 is 10.1 Å². The second kappa shape index (κ2) is 5.97. The van der Waals surface area contributed by atoms with Crippen LogP contribution < -0.4 is 10.1 Å². The molecule has 0 aliphatic heterocycles. The summed E-state index contributed by atoms with van der Waals surface area (Å²) in [6, 6.07) is 8.89. The van der Waals surface area contributed by atoms with Crippen molar-refractivity contribution in [2.24, 2.45) is 0 Å². The molecule has 1 amide bonds. The Hall–Kier alpha value is -2.69. The number of pyridine rings is 1. The summed E-state index contributed by atoms with van der Waals surface area (Å²) in [6.07, 6.45) is 1.47. The zero-order valence-corrected chi connectivity index (χ0v) is 10.9. The molecule has 1 aromatic carbocycles. The lowest BCUT2D eigenvalue weighted by atomic mass is 10.3. The van der Waals surface area contributed by atoms with E-state index in [1.54, 1.807) is 19.1 Å². The molecule has 1 N–H and O–H groups in total. The second-order valence-electron chi connectivity index (χ2n) is 4.18. The molecule has 0 fully saturated rings. The molecule has 2 rings (SSSR count). The number of hydrogen-bond donors (Lipinski definition) is 1. The molecule has 0 aliphatic carbocycles. The maximum absolute atomic E-state index is 12.7. The number of hydrogen-bond acceptors (Lipinski definition) is 3. The topological polar surface area (TPSA) is 51.2 Å². The Morgan fingerprint density at radius 1 is 1.25 bits per heavy atom. The Morgan fingerprint density at radius 3 is 2.50 bits per heavy atom. The first-order chi connectivity index (χ1) is 9.54. The summed E-state index contributed by atoms with van der Waals surface area (Å²) < 4.78 is 18.2. The quantitative estimate of drug-likeness (QED) is 0.866. The maximum Gasteiger partial charge on any atom is 0.250 e. The lowest BCUT2D eigenvalue weighted by molar-refractivity contribution is -0.112. The number of carbonyl (C=O) groups is 1. The van der Waals surface area contributed by atoms with Gasteiger partial charge in [0.2, 0.25) is 5.88 Å². The van der Waals surface area contributed by atoms with Gasteiger partial charge in [0.15, 0.2) is 0 Å². The summed E-state index contributed by atoms with van der Waals surface area (Å²) in [7, 11) is 0. The number of halogens is 1. The monoisotopic (exact) mass is 272 g/mol. The molecule has 4 nitrogen and oxygen atoms in total. The van der Waals surface area contributed by atoms with Crippen LogP contribution in [-0.4, -0.2) is 10.9 Å². The Balaban J connectivity index is 2.03. The van der Waals surface area contributed by atoms with E-state index in [0.29, 0.717) is 22.9 Å². The smallest absolute Gasteiger partial charge is 0.250 e. The van der Waals surface area contributed by atoms with Crippen molar-refractivity contribution >= 4 is 11.6 Å². The van der Waals surface area contributed by atoms with E-state index >= 15 is 0 Å². The summed E-state index contributed by atoms with van der Waals surface area (Å²) in [5.41, 5.74) is 0.959. The molecule has 1 aromatic heterocycles. The van der Waals surface area contributed by atoms with Gasteiger partial charge in [-0.25, -0.2) is 9.37 Å². The first kappa shape index (κ1) is 13.7. The summed E-state index contributed by atoms with van der Waals surface area (Å²) in [4.78, 5) is 15.5. The summed E-state index contributed by atoms with van der Waals surface area (Å²) in [5.74, 6) is 0.240. The van der Waals surface area contributed by atoms with Crippen molar-refractivity contribution in [1.29, 1.82) is 0 Å². The molecule has 0 radical (unpaired) electrons. The van der Waals surface area contributed by atoms with E-state index in [1.165, 1.54) is 30.5 Å². The van der Waals surface area contributed by atoms with Crippen molar-refractivity contribution in [2.45, 2.75) is 6.92 Å². The second-order valence-corrected chi connectivity index (χ2v) is 4.18. The molecule has 0 atom stereocenters. The summed E-state index contributed by atoms with van der Waals surface area (Å²) >= 11 is 0. The van der Waals surface area contributed by atoms with Crippen LogP contribution in [0.1, 0.15) is 6.92 Å². The van der Waals surface area contributed by atoms with Crippen LogP contribution in [0.15, 0.2) is 54.7 Å². The Kier molecular flexibility index (Phi) is 4.10. The van der Waals surface area contributed by atoms with E-state index in [0.717, 1.165) is 0 Å². The highest BCUT2D eigenvalue weighted by Gasteiger charge is 2.04. The number of benzene rings is 1. The van der Waals surface area contributed by atoms with Gasteiger partial charge in [-0.3, -0.25) is 4.79 Å². The van der Waals surface area contributed by atoms with Crippen molar-refractivity contribution in [1.82, 2.24) is 4.98 Å². The van der Waals surface area contributed by atoms with E-state index in [1.807, 2.05) is 0 Å². The van der Waals surface area contributed by atoms with Crippen LogP contribution in [0.4, 0.5) is 10.1 Å². The highest BCUT2D eigenvalue weighted by Crippen LogP contribution is 2.20. The van der Waals surface area contributed by atoms with E-state index < -0.39 is 0 Å². The first-order valence-corrected chi connectivity index (χ1v) is 5.91. The first-order valence-electron chi connectivity index (χ1n) is 5.91. The SMILES string of the molecule is C=C(C)C(=O)Nc1ccc(Oc2ccc(F)cc2)nc1. The van der Waals surface area contributed by atoms with Gasteiger partial charge in [0.05, 0.1) is 11.9 Å². The van der Waals surface area contributed by atoms with Crippen LogP contribution in [0.3, 0.4) is 0 Å². The average Bonchev–Trinajstić information content (AvgIpc) is 2.43. The molecule has 1 heterocycles. The number of aromatic nitrogens is 1. The number of ether oxygens (including phenoxy) is 1. The molecular formula is C15H13FN2O2. The molecule has 102 valence electrons. The third kappa shape index (κ3) is 3.65. The molecule has 5 heteroatoms. The standard InChI is InChI=1S/C15H13FN2O2/c1-10(2)15(19)18-12-5-8-14(17-9-12)20-13-6-3-11(16)4-7-13/h3-9H,1H2,2H3,(H,18,19). The van der Waals surface area contributed by atoms with E-state index in [-0.39, 0.29) is 11.7 Å². The maximum atomic E-state index is 12.7. The van der Waals surface area contributed by atoms with Crippen molar-refractivity contribution in [3.63, 3.8) is 0 Å². The minimum absolute atomic E-state index is 0.265. The zero-order chi connectivity index (χ0) is 14.5. The van der Waals surface area contributed by atoms with E-state index in [2.05, 4.69) is 16.9 Å². The third-order valence-electron chi connectivity index (χ3n) is 2.42. The fourth-order valence-electron chi connectivity index (χ4n) is 1.38. The van der Waals surface area contributed by atoms with Crippen molar-refractivity contribution in [3.8, 4) is 11.6 Å².